The summed E-state index contributed by atoms with van der Waals surface area (Å²) in [5, 5.41) is 5.28. The zero-order valence-electron chi connectivity index (χ0n) is 28.5. The molecule has 2 heterocycles. The van der Waals surface area contributed by atoms with Gasteiger partial charge in [-0.15, -0.1) is 11.3 Å². The summed E-state index contributed by atoms with van der Waals surface area (Å²) in [6.45, 7) is 0. The van der Waals surface area contributed by atoms with Gasteiger partial charge in [-0.3, -0.25) is 0 Å². The molecule has 0 aliphatic heterocycles. The van der Waals surface area contributed by atoms with Gasteiger partial charge in [0.15, 0.2) is 0 Å². The Bertz CT molecular complexity index is 3000. The van der Waals surface area contributed by atoms with Crippen LogP contribution in [-0.4, -0.2) is 4.57 Å². The fourth-order valence-corrected chi connectivity index (χ4v) is 9.82. The molecule has 1 nitrogen and oxygen atoms in total. The molecule has 11 rings (SSSR count). The smallest absolute Gasteiger partial charge is 0.0541 e. The van der Waals surface area contributed by atoms with Crippen LogP contribution in [0.15, 0.2) is 176 Å². The number of benzene rings is 8. The third-order valence-electron chi connectivity index (χ3n) is 11.1. The second kappa shape index (κ2) is 11.7. The van der Waals surface area contributed by atoms with Gasteiger partial charge in [0.25, 0.3) is 0 Å². The lowest BCUT2D eigenvalue weighted by molar-refractivity contribution is 1.18. The third-order valence-corrected chi connectivity index (χ3v) is 12.2. The Balaban J connectivity index is 0.961. The predicted octanol–water partition coefficient (Wildman–Crippen LogP) is 13.6. The van der Waals surface area contributed by atoms with Gasteiger partial charge in [-0.25, -0.2) is 0 Å². The first-order chi connectivity index (χ1) is 25.8. The highest BCUT2D eigenvalue weighted by Crippen LogP contribution is 2.43. The molecule has 0 fully saturated rings. The average Bonchev–Trinajstić information content (AvgIpc) is 3.88. The van der Waals surface area contributed by atoms with Gasteiger partial charge in [0.1, 0.15) is 0 Å². The largest absolute Gasteiger partial charge is 0.309 e. The van der Waals surface area contributed by atoms with Gasteiger partial charge in [-0.1, -0.05) is 127 Å². The monoisotopic (exact) mass is 679 g/mol. The van der Waals surface area contributed by atoms with Crippen molar-refractivity contribution in [3.8, 4) is 39.1 Å². The molecule has 0 N–H and O–H groups in total. The molecule has 1 aliphatic rings. The van der Waals surface area contributed by atoms with Crippen molar-refractivity contribution in [2.24, 2.45) is 0 Å². The summed E-state index contributed by atoms with van der Waals surface area (Å²) < 4.78 is 5.07. The Morgan fingerprint density at radius 3 is 2.06 bits per heavy atom. The number of para-hydroxylation sites is 2. The Kier molecular flexibility index (Phi) is 6.62. The molecule has 10 aromatic rings. The summed E-state index contributed by atoms with van der Waals surface area (Å²) in [7, 11) is 0. The van der Waals surface area contributed by atoms with E-state index < -0.39 is 0 Å². The van der Waals surface area contributed by atoms with Gasteiger partial charge in [0.2, 0.25) is 0 Å². The molecule has 0 spiro atoms. The minimum absolute atomic E-state index is 0.900. The van der Waals surface area contributed by atoms with Crippen molar-refractivity contribution in [3.63, 3.8) is 0 Å². The lowest BCUT2D eigenvalue weighted by Gasteiger charge is -2.11. The maximum Gasteiger partial charge on any atom is 0.0541 e. The lowest BCUT2D eigenvalue weighted by Crippen LogP contribution is -1.92. The zero-order chi connectivity index (χ0) is 34.2. The van der Waals surface area contributed by atoms with Crippen molar-refractivity contribution in [3.05, 3.63) is 198 Å². The summed E-state index contributed by atoms with van der Waals surface area (Å²) in [4.78, 5) is 0. The number of hydrogen-bond acceptors (Lipinski definition) is 1. The second-order valence-corrected chi connectivity index (χ2v) is 15.1. The maximum absolute atomic E-state index is 2.42. The lowest BCUT2D eigenvalue weighted by atomic mass is 9.93. The fourth-order valence-electron chi connectivity index (χ4n) is 8.68. The van der Waals surface area contributed by atoms with E-state index in [1.165, 1.54) is 103 Å². The molecule has 52 heavy (non-hydrogen) atoms. The normalized spacial score (nSPS) is 12.2. The highest BCUT2D eigenvalue weighted by molar-refractivity contribution is 7.25. The quantitative estimate of drug-likeness (QED) is 0.171. The molecule has 0 saturated carbocycles. The van der Waals surface area contributed by atoms with Crippen molar-refractivity contribution in [1.29, 1.82) is 0 Å². The molecule has 2 aromatic heterocycles. The van der Waals surface area contributed by atoms with Crippen LogP contribution in [0.5, 0.6) is 0 Å². The minimum atomic E-state index is 0.900. The van der Waals surface area contributed by atoms with Crippen LogP contribution in [0.25, 0.3) is 81.0 Å². The summed E-state index contributed by atoms with van der Waals surface area (Å²) >= 11 is 1.90. The van der Waals surface area contributed by atoms with E-state index in [0.717, 1.165) is 12.8 Å². The van der Waals surface area contributed by atoms with Crippen LogP contribution < -0.4 is 0 Å². The van der Waals surface area contributed by atoms with E-state index in [-0.39, 0.29) is 0 Å². The first kappa shape index (κ1) is 29.5. The Labute approximate surface area is 306 Å². The zero-order valence-corrected chi connectivity index (χ0v) is 29.3. The SMILES string of the molecule is c1ccc(-n2c3ccccc3c3cc(-c4ccc5sc6cccc(Cc7ccc(-c8cccc9c8Cc8ccccc8-9)cc7)c6c5c4)ccc32)cc1. The fraction of sp³-hybridized carbons (Fsp3) is 0.0400. The van der Waals surface area contributed by atoms with E-state index in [2.05, 4.69) is 180 Å². The van der Waals surface area contributed by atoms with E-state index in [0.29, 0.717) is 0 Å². The molecular formula is C50H33NS. The van der Waals surface area contributed by atoms with Crippen molar-refractivity contribution >= 4 is 53.3 Å². The summed E-state index contributed by atoms with van der Waals surface area (Å²) in [5.74, 6) is 0. The average molecular weight is 680 g/mol. The summed E-state index contributed by atoms with van der Waals surface area (Å²) in [6, 6.07) is 65.2. The highest BCUT2D eigenvalue weighted by atomic mass is 32.1. The number of hydrogen-bond donors (Lipinski definition) is 0. The van der Waals surface area contributed by atoms with Crippen LogP contribution in [0.3, 0.4) is 0 Å². The van der Waals surface area contributed by atoms with Gasteiger partial charge in [-0.2, -0.15) is 0 Å². The molecule has 0 radical (unpaired) electrons. The molecule has 0 amide bonds. The van der Waals surface area contributed by atoms with Crippen molar-refractivity contribution < 1.29 is 0 Å². The van der Waals surface area contributed by atoms with Crippen molar-refractivity contribution in [2.75, 3.05) is 0 Å². The van der Waals surface area contributed by atoms with Crippen LogP contribution in [0.1, 0.15) is 22.3 Å². The number of thiophene rings is 1. The topological polar surface area (TPSA) is 4.93 Å². The van der Waals surface area contributed by atoms with Gasteiger partial charge >= 0.3 is 0 Å². The van der Waals surface area contributed by atoms with Crippen LogP contribution in [0, 0.1) is 0 Å². The molecule has 0 unspecified atom stereocenters. The third kappa shape index (κ3) is 4.61. The maximum atomic E-state index is 2.42. The number of nitrogens with zero attached hydrogens (tertiary/aromatic N) is 1. The van der Waals surface area contributed by atoms with Crippen molar-refractivity contribution in [2.45, 2.75) is 12.8 Å². The first-order valence-electron chi connectivity index (χ1n) is 18.1. The van der Waals surface area contributed by atoms with Crippen molar-refractivity contribution in [1.82, 2.24) is 4.57 Å². The Hall–Kier alpha value is -6.22. The molecule has 244 valence electrons. The molecule has 2 heteroatoms. The number of aromatic nitrogens is 1. The Morgan fingerprint density at radius 2 is 1.15 bits per heavy atom. The minimum Gasteiger partial charge on any atom is -0.309 e. The summed E-state index contributed by atoms with van der Waals surface area (Å²) in [5.41, 5.74) is 17.1. The van der Waals surface area contributed by atoms with E-state index in [1.54, 1.807) is 0 Å². The molecular weight excluding hydrogens is 647 g/mol. The number of fused-ring (bicyclic) bond motifs is 9. The van der Waals surface area contributed by atoms with Gasteiger partial charge in [0, 0.05) is 36.6 Å². The van der Waals surface area contributed by atoms with E-state index in [1.807, 2.05) is 11.3 Å². The van der Waals surface area contributed by atoms with Crippen LogP contribution in [0.4, 0.5) is 0 Å². The van der Waals surface area contributed by atoms with E-state index in [9.17, 15) is 0 Å². The number of rotatable bonds is 5. The van der Waals surface area contributed by atoms with Crippen LogP contribution in [-0.2, 0) is 12.8 Å². The van der Waals surface area contributed by atoms with Gasteiger partial charge in [-0.05, 0) is 117 Å². The predicted molar refractivity (Wildman–Crippen MR) is 222 cm³/mol. The summed E-state index contributed by atoms with van der Waals surface area (Å²) in [6.07, 6.45) is 1.90. The molecule has 0 saturated heterocycles. The molecule has 1 aliphatic carbocycles. The first-order valence-corrected chi connectivity index (χ1v) is 18.9. The molecule has 8 aromatic carbocycles. The standard InChI is InChI=1S/C50H33NS/c1-2-12-38(13-3-1)51-46-18-7-6-15-42(46)44-29-34(24-26-47(44)51)35-25-27-48-45(30-35)50-37(11-8-19-49(50)52-48)28-32-20-22-33(23-21-32)39-16-9-17-41-40-14-5-4-10-36(40)31-43(39)41/h1-27,29-30H,28,31H2. The second-order valence-electron chi connectivity index (χ2n) is 14.1. The Morgan fingerprint density at radius 1 is 0.462 bits per heavy atom. The van der Waals surface area contributed by atoms with Gasteiger partial charge in [0.05, 0.1) is 11.0 Å². The van der Waals surface area contributed by atoms with E-state index >= 15 is 0 Å². The molecule has 0 atom stereocenters. The van der Waals surface area contributed by atoms with Crippen LogP contribution >= 0.6 is 11.3 Å². The highest BCUT2D eigenvalue weighted by Gasteiger charge is 2.21. The van der Waals surface area contributed by atoms with Crippen LogP contribution in [0.2, 0.25) is 0 Å². The van der Waals surface area contributed by atoms with E-state index in [4.69, 9.17) is 0 Å². The van der Waals surface area contributed by atoms with Gasteiger partial charge < -0.3 is 4.57 Å². The molecule has 0 bridgehead atoms.